The summed E-state index contributed by atoms with van der Waals surface area (Å²) in [4.78, 5) is 24.5. The first-order chi connectivity index (χ1) is 12.3. The predicted octanol–water partition coefficient (Wildman–Crippen LogP) is 2.87. The number of methoxy groups -OCH3 is 1. The van der Waals surface area contributed by atoms with Gasteiger partial charge in [-0.05, 0) is 49.9 Å². The van der Waals surface area contributed by atoms with E-state index in [4.69, 9.17) is 4.74 Å². The molecule has 2 rings (SSSR count). The second kappa shape index (κ2) is 8.65. The Labute approximate surface area is 154 Å². The number of hydrogen-bond donors (Lipinski definition) is 1. The monoisotopic (exact) mass is 357 g/mol. The van der Waals surface area contributed by atoms with E-state index in [0.717, 1.165) is 17.0 Å². The topological polar surface area (TPSA) is 73.2 Å². The van der Waals surface area contributed by atoms with Gasteiger partial charge in [0.2, 0.25) is 0 Å². The van der Waals surface area contributed by atoms with Gasteiger partial charge in [0.15, 0.2) is 0 Å². The zero-order valence-corrected chi connectivity index (χ0v) is 16.1. The van der Waals surface area contributed by atoms with Crippen LogP contribution < -0.4 is 5.32 Å². The minimum absolute atomic E-state index is 0.261. The number of aryl methyl sites for hydroxylation is 2. The van der Waals surface area contributed by atoms with E-state index in [1.54, 1.807) is 6.07 Å². The number of carbonyl (C=O) groups is 2. The van der Waals surface area contributed by atoms with Crippen LogP contribution in [0.25, 0.3) is 0 Å². The smallest absolute Gasteiger partial charge is 0.328 e. The van der Waals surface area contributed by atoms with Crippen molar-refractivity contribution in [3.05, 3.63) is 52.8 Å². The Kier molecular flexibility index (Phi) is 6.55. The van der Waals surface area contributed by atoms with Crippen molar-refractivity contribution in [3.63, 3.8) is 0 Å². The van der Waals surface area contributed by atoms with Crippen molar-refractivity contribution in [3.8, 4) is 0 Å². The third-order valence-electron chi connectivity index (χ3n) is 4.12. The van der Waals surface area contributed by atoms with E-state index in [1.165, 1.54) is 7.11 Å². The van der Waals surface area contributed by atoms with Gasteiger partial charge < -0.3 is 10.1 Å². The molecule has 0 aliphatic rings. The molecule has 26 heavy (non-hydrogen) atoms. The van der Waals surface area contributed by atoms with Gasteiger partial charge in [0.25, 0.3) is 5.91 Å². The number of ether oxygens (including phenoxy) is 1. The van der Waals surface area contributed by atoms with Crippen LogP contribution in [0.15, 0.2) is 30.3 Å². The fourth-order valence-electron chi connectivity index (χ4n) is 2.89. The molecule has 0 saturated heterocycles. The number of rotatable bonds is 7. The molecule has 1 aromatic carbocycles. The lowest BCUT2D eigenvalue weighted by Crippen LogP contribution is -2.42. The van der Waals surface area contributed by atoms with E-state index in [-0.39, 0.29) is 11.8 Å². The number of aromatic nitrogens is 2. The summed E-state index contributed by atoms with van der Waals surface area (Å²) in [6.45, 7) is 8.54. The first-order valence-electron chi connectivity index (χ1n) is 8.78. The molecule has 1 aromatic heterocycles. The third-order valence-corrected chi connectivity index (χ3v) is 4.12. The highest BCUT2D eigenvalue weighted by Gasteiger charge is 2.23. The van der Waals surface area contributed by atoms with Crippen molar-refractivity contribution in [1.82, 2.24) is 15.1 Å². The molecule has 0 spiro atoms. The van der Waals surface area contributed by atoms with Gasteiger partial charge in [-0.15, -0.1) is 0 Å². The average Bonchev–Trinajstić information content (AvgIpc) is 2.90. The van der Waals surface area contributed by atoms with Crippen LogP contribution in [0.2, 0.25) is 0 Å². The van der Waals surface area contributed by atoms with Crippen LogP contribution in [-0.2, 0) is 16.1 Å². The van der Waals surface area contributed by atoms with Crippen LogP contribution in [0.3, 0.4) is 0 Å². The minimum atomic E-state index is -0.646. The summed E-state index contributed by atoms with van der Waals surface area (Å²) < 4.78 is 6.71. The molecule has 0 fully saturated rings. The Morgan fingerprint density at radius 1 is 1.23 bits per heavy atom. The number of esters is 1. The number of nitrogens with one attached hydrogen (secondary N) is 1. The number of hydrogen-bond acceptors (Lipinski definition) is 4. The normalized spacial score (nSPS) is 12.1. The Bertz CT molecular complexity index is 780. The Hall–Kier alpha value is -2.63. The fraction of sp³-hybridized carbons (Fsp3) is 0.450. The van der Waals surface area contributed by atoms with Gasteiger partial charge in [-0.25, -0.2) is 4.79 Å². The van der Waals surface area contributed by atoms with E-state index in [1.807, 2.05) is 56.6 Å². The van der Waals surface area contributed by atoms with Crippen LogP contribution in [-0.4, -0.2) is 34.8 Å². The largest absolute Gasteiger partial charge is 0.467 e. The Morgan fingerprint density at radius 2 is 1.96 bits per heavy atom. The van der Waals surface area contributed by atoms with Gasteiger partial charge in [-0.3, -0.25) is 9.48 Å². The van der Waals surface area contributed by atoms with Crippen LogP contribution >= 0.6 is 0 Å². The van der Waals surface area contributed by atoms with E-state index < -0.39 is 12.0 Å². The fourth-order valence-corrected chi connectivity index (χ4v) is 2.89. The van der Waals surface area contributed by atoms with Gasteiger partial charge in [-0.1, -0.05) is 26.0 Å². The Morgan fingerprint density at radius 3 is 2.54 bits per heavy atom. The maximum absolute atomic E-state index is 12.6. The lowest BCUT2D eigenvalue weighted by atomic mass is 10.0. The number of carbonyl (C=O) groups excluding carboxylic acids is 2. The molecule has 0 radical (unpaired) electrons. The molecule has 6 nitrogen and oxygen atoms in total. The molecule has 2 aromatic rings. The van der Waals surface area contributed by atoms with Gasteiger partial charge in [-0.2, -0.15) is 5.10 Å². The standard InChI is InChI=1S/C20H27N3O3/c1-13(2)9-18(20(25)26-5)21-19(24)17-8-6-7-16(11-17)12-23-15(4)10-14(3)22-23/h6-8,10-11,13,18H,9,12H2,1-5H3,(H,21,24). The number of nitrogens with zero attached hydrogens (tertiary/aromatic N) is 2. The van der Waals surface area contributed by atoms with Gasteiger partial charge in [0.1, 0.15) is 6.04 Å². The van der Waals surface area contributed by atoms with Crippen molar-refractivity contribution >= 4 is 11.9 Å². The lowest BCUT2D eigenvalue weighted by molar-refractivity contribution is -0.143. The zero-order chi connectivity index (χ0) is 19.3. The second-order valence-electron chi connectivity index (χ2n) is 6.96. The van der Waals surface area contributed by atoms with Crippen molar-refractivity contribution < 1.29 is 14.3 Å². The van der Waals surface area contributed by atoms with Crippen LogP contribution in [0, 0.1) is 19.8 Å². The zero-order valence-electron chi connectivity index (χ0n) is 16.1. The van der Waals surface area contributed by atoms with Crippen LogP contribution in [0.1, 0.15) is 47.6 Å². The molecule has 1 unspecified atom stereocenters. The SMILES string of the molecule is COC(=O)C(CC(C)C)NC(=O)c1cccc(Cn2nc(C)cc2C)c1. The molecule has 0 aliphatic heterocycles. The van der Waals surface area contributed by atoms with Crippen LogP contribution in [0.5, 0.6) is 0 Å². The molecular weight excluding hydrogens is 330 g/mol. The highest BCUT2D eigenvalue weighted by atomic mass is 16.5. The summed E-state index contributed by atoms with van der Waals surface area (Å²) in [5, 5.41) is 7.24. The van der Waals surface area contributed by atoms with Gasteiger partial charge in [0.05, 0.1) is 19.3 Å². The summed E-state index contributed by atoms with van der Waals surface area (Å²) in [6.07, 6.45) is 0.532. The summed E-state index contributed by atoms with van der Waals surface area (Å²) in [7, 11) is 1.33. The third kappa shape index (κ3) is 5.18. The molecule has 6 heteroatoms. The van der Waals surface area contributed by atoms with Crippen molar-refractivity contribution in [1.29, 1.82) is 0 Å². The molecule has 1 amide bonds. The quantitative estimate of drug-likeness (QED) is 0.774. The molecular formula is C20H27N3O3. The molecule has 0 aliphatic carbocycles. The first kappa shape index (κ1) is 19.7. The summed E-state index contributed by atoms with van der Waals surface area (Å²) in [5.41, 5.74) is 3.52. The predicted molar refractivity (Wildman–Crippen MR) is 100.0 cm³/mol. The minimum Gasteiger partial charge on any atom is -0.467 e. The van der Waals surface area contributed by atoms with Crippen molar-refractivity contribution in [2.75, 3.05) is 7.11 Å². The molecule has 1 heterocycles. The molecule has 1 atom stereocenters. The number of benzene rings is 1. The van der Waals surface area contributed by atoms with Crippen molar-refractivity contribution in [2.45, 2.75) is 46.7 Å². The number of amides is 1. The Balaban J connectivity index is 2.13. The maximum Gasteiger partial charge on any atom is 0.328 e. The molecule has 1 N–H and O–H groups in total. The van der Waals surface area contributed by atoms with Gasteiger partial charge in [0, 0.05) is 11.3 Å². The summed E-state index contributed by atoms with van der Waals surface area (Å²) in [5.74, 6) is -0.445. The average molecular weight is 357 g/mol. The molecule has 0 saturated carbocycles. The van der Waals surface area contributed by atoms with Gasteiger partial charge >= 0.3 is 5.97 Å². The second-order valence-corrected chi connectivity index (χ2v) is 6.96. The lowest BCUT2D eigenvalue weighted by Gasteiger charge is -2.18. The molecule has 140 valence electrons. The van der Waals surface area contributed by atoms with E-state index in [0.29, 0.717) is 18.5 Å². The van der Waals surface area contributed by atoms with Crippen LogP contribution in [0.4, 0.5) is 0 Å². The summed E-state index contributed by atoms with van der Waals surface area (Å²) in [6, 6.07) is 8.74. The first-order valence-corrected chi connectivity index (χ1v) is 8.78. The van der Waals surface area contributed by atoms with E-state index in [9.17, 15) is 9.59 Å². The molecule has 0 bridgehead atoms. The summed E-state index contributed by atoms with van der Waals surface area (Å²) >= 11 is 0. The van der Waals surface area contributed by atoms with E-state index in [2.05, 4.69) is 10.4 Å². The van der Waals surface area contributed by atoms with Crippen molar-refractivity contribution in [2.24, 2.45) is 5.92 Å². The van der Waals surface area contributed by atoms with E-state index >= 15 is 0 Å². The maximum atomic E-state index is 12.6. The highest BCUT2D eigenvalue weighted by molar-refractivity contribution is 5.96. The highest BCUT2D eigenvalue weighted by Crippen LogP contribution is 2.12.